The fraction of sp³-hybridized carbons (Fsp3) is 0.278. The molecule has 2 fully saturated rings. The zero-order chi connectivity index (χ0) is 31.8. The molecule has 2 aliphatic rings. The van der Waals surface area contributed by atoms with Crippen LogP contribution in [0.4, 0.5) is 0 Å². The van der Waals surface area contributed by atoms with Gasteiger partial charge in [-0.1, -0.05) is 72.8 Å². The molecule has 10 heteroatoms. The van der Waals surface area contributed by atoms with Gasteiger partial charge in [0.05, 0.1) is 20.8 Å². The van der Waals surface area contributed by atoms with Gasteiger partial charge in [0.15, 0.2) is 5.82 Å². The molecule has 2 aliphatic heterocycles. The molecule has 4 aromatic carbocycles. The zero-order valence-electron chi connectivity index (χ0n) is 26.3. The molecule has 9 nitrogen and oxygen atoms in total. The van der Waals surface area contributed by atoms with Crippen LogP contribution in [0.5, 0.6) is 11.5 Å². The molecule has 0 spiro atoms. The van der Waals surface area contributed by atoms with Crippen LogP contribution in [0.25, 0.3) is 22.3 Å². The number of hydrogen-bond acceptors (Lipinski definition) is 8. The van der Waals surface area contributed by atoms with Crippen molar-refractivity contribution < 1.29 is 14.3 Å². The number of nitrogens with one attached hydrogen (secondary N) is 1. The van der Waals surface area contributed by atoms with Gasteiger partial charge in [0.25, 0.3) is 0 Å². The largest absolute Gasteiger partial charge is 0.497 e. The van der Waals surface area contributed by atoms with E-state index in [1.54, 1.807) is 26.0 Å². The van der Waals surface area contributed by atoms with Crippen molar-refractivity contribution in [2.75, 3.05) is 14.2 Å². The summed E-state index contributed by atoms with van der Waals surface area (Å²) in [7, 11) is 3.34. The van der Waals surface area contributed by atoms with Gasteiger partial charge in [-0.15, -0.1) is 16.9 Å². The summed E-state index contributed by atoms with van der Waals surface area (Å²) >= 11 is 1.80. The quantitative estimate of drug-likeness (QED) is 0.189. The van der Waals surface area contributed by atoms with E-state index in [9.17, 15) is 4.79 Å². The lowest BCUT2D eigenvalue weighted by molar-refractivity contribution is -0.149. The Kier molecular flexibility index (Phi) is 8.00. The standard InChI is InChI=1S/C36H36N6O3S/c1-36(2)32(33-38-39-40-41(33)22-23-9-6-5-7-10-23)42-34(43)31(35(42)46-36)37-21-26-11-8-12-29(24-13-17-27(44-3)18-14-24)30(26)25-15-19-28(45-4)20-16-25/h5-20,31-32,35,37H,21-22H2,1-4H3/t31?,32?,35-/m1/s1. The van der Waals surface area contributed by atoms with Crippen LogP contribution in [-0.4, -0.2) is 61.4 Å². The van der Waals surface area contributed by atoms with E-state index in [2.05, 4.69) is 89.3 Å². The Bertz CT molecular complexity index is 1840. The van der Waals surface area contributed by atoms with Crippen LogP contribution in [0.2, 0.25) is 0 Å². The molecule has 3 heterocycles. The molecule has 1 amide bonds. The van der Waals surface area contributed by atoms with Gasteiger partial charge in [-0.3, -0.25) is 10.1 Å². The number of aromatic nitrogens is 4. The molecule has 46 heavy (non-hydrogen) atoms. The minimum absolute atomic E-state index is 0.0245. The Morgan fingerprint density at radius 3 is 2.20 bits per heavy atom. The van der Waals surface area contributed by atoms with Crippen molar-refractivity contribution in [3.63, 3.8) is 0 Å². The van der Waals surface area contributed by atoms with Crippen molar-refractivity contribution >= 4 is 17.7 Å². The second-order valence-corrected chi connectivity index (χ2v) is 13.9. The van der Waals surface area contributed by atoms with Crippen LogP contribution in [0.1, 0.15) is 36.8 Å². The first kappa shape index (κ1) is 30.0. The van der Waals surface area contributed by atoms with Crippen LogP contribution < -0.4 is 14.8 Å². The molecule has 5 aromatic rings. The zero-order valence-corrected chi connectivity index (χ0v) is 27.1. The van der Waals surface area contributed by atoms with Crippen LogP contribution in [0.3, 0.4) is 0 Å². The van der Waals surface area contributed by atoms with Gasteiger partial charge in [-0.2, -0.15) is 0 Å². The lowest BCUT2D eigenvalue weighted by Gasteiger charge is -2.44. The molecule has 0 aliphatic carbocycles. The van der Waals surface area contributed by atoms with E-state index in [0.29, 0.717) is 18.9 Å². The average molecular weight is 633 g/mol. The van der Waals surface area contributed by atoms with E-state index in [0.717, 1.165) is 44.9 Å². The molecule has 7 rings (SSSR count). The highest BCUT2D eigenvalue weighted by Crippen LogP contribution is 2.57. The second-order valence-electron chi connectivity index (χ2n) is 12.1. The highest BCUT2D eigenvalue weighted by atomic mass is 32.2. The summed E-state index contributed by atoms with van der Waals surface area (Å²) in [5.41, 5.74) is 6.60. The van der Waals surface area contributed by atoms with Crippen molar-refractivity contribution in [1.82, 2.24) is 30.4 Å². The van der Waals surface area contributed by atoms with Crippen molar-refractivity contribution in [3.05, 3.63) is 114 Å². The summed E-state index contributed by atoms with van der Waals surface area (Å²) in [6.45, 7) is 5.43. The topological polar surface area (TPSA) is 94.4 Å². The van der Waals surface area contributed by atoms with Gasteiger partial charge in [0, 0.05) is 11.3 Å². The molecule has 1 aromatic heterocycles. The fourth-order valence-corrected chi connectivity index (χ4v) is 8.23. The van der Waals surface area contributed by atoms with E-state index in [1.165, 1.54) is 0 Å². The molecule has 1 N–H and O–H groups in total. The number of fused-ring (bicyclic) bond motifs is 1. The monoisotopic (exact) mass is 632 g/mol. The van der Waals surface area contributed by atoms with E-state index in [1.807, 2.05) is 52.0 Å². The minimum Gasteiger partial charge on any atom is -0.497 e. The molecular weight excluding hydrogens is 597 g/mol. The van der Waals surface area contributed by atoms with Crippen LogP contribution in [-0.2, 0) is 17.9 Å². The van der Waals surface area contributed by atoms with Gasteiger partial charge in [0.2, 0.25) is 5.91 Å². The Labute approximate surface area is 272 Å². The number of carbonyl (C=O) groups is 1. The fourth-order valence-electron chi connectivity index (χ4n) is 6.57. The van der Waals surface area contributed by atoms with Crippen LogP contribution in [0.15, 0.2) is 97.1 Å². The molecule has 0 bridgehead atoms. The van der Waals surface area contributed by atoms with Gasteiger partial charge < -0.3 is 14.4 Å². The molecule has 0 radical (unpaired) electrons. The number of amides is 1. The predicted molar refractivity (Wildman–Crippen MR) is 179 cm³/mol. The molecule has 0 saturated carbocycles. The second kappa shape index (κ2) is 12.3. The van der Waals surface area contributed by atoms with Crippen molar-refractivity contribution in [1.29, 1.82) is 0 Å². The highest BCUT2D eigenvalue weighted by molar-refractivity contribution is 8.01. The number of rotatable bonds is 10. The summed E-state index contributed by atoms with van der Waals surface area (Å²) in [4.78, 5) is 15.8. The SMILES string of the molecule is COc1ccc(-c2cccc(CNC3C(=O)N4C(c5nnnn5Cc5ccccc5)C(C)(C)S[C@H]34)c2-c2ccc(OC)cc2)cc1. The predicted octanol–water partition coefficient (Wildman–Crippen LogP) is 5.97. The third kappa shape index (κ3) is 5.41. The Morgan fingerprint density at radius 1 is 0.848 bits per heavy atom. The summed E-state index contributed by atoms with van der Waals surface area (Å²) in [6.07, 6.45) is 0. The van der Waals surface area contributed by atoms with Crippen LogP contribution >= 0.6 is 11.8 Å². The lowest BCUT2D eigenvalue weighted by atomic mass is 9.90. The van der Waals surface area contributed by atoms with Gasteiger partial charge >= 0.3 is 0 Å². The number of hydrogen-bond donors (Lipinski definition) is 1. The minimum atomic E-state index is -0.318. The number of thioether (sulfide) groups is 1. The number of methoxy groups -OCH3 is 2. The Hall–Kier alpha value is -4.67. The Morgan fingerprint density at radius 2 is 1.52 bits per heavy atom. The number of tetrazole rings is 1. The van der Waals surface area contributed by atoms with Crippen molar-refractivity contribution in [2.45, 2.75) is 49.1 Å². The number of benzene rings is 4. The third-order valence-electron chi connectivity index (χ3n) is 8.86. The van der Waals surface area contributed by atoms with E-state index in [4.69, 9.17) is 9.47 Å². The number of nitrogens with zero attached hydrogens (tertiary/aromatic N) is 5. The molecule has 2 saturated heterocycles. The lowest BCUT2D eigenvalue weighted by Crippen LogP contribution is -2.66. The van der Waals surface area contributed by atoms with Crippen molar-refractivity contribution in [3.8, 4) is 33.8 Å². The smallest absolute Gasteiger partial charge is 0.244 e. The molecule has 2 unspecified atom stereocenters. The third-order valence-corrected chi connectivity index (χ3v) is 10.4. The number of carbonyl (C=O) groups excluding carboxylic acids is 1. The summed E-state index contributed by atoms with van der Waals surface area (Å²) in [5, 5.41) is 16.3. The van der Waals surface area contributed by atoms with E-state index in [-0.39, 0.29) is 28.1 Å². The van der Waals surface area contributed by atoms with Gasteiger partial charge in [-0.05, 0) is 81.9 Å². The summed E-state index contributed by atoms with van der Waals surface area (Å²) < 4.78 is 12.4. The average Bonchev–Trinajstić information content (AvgIpc) is 3.63. The van der Waals surface area contributed by atoms with Gasteiger partial charge in [-0.25, -0.2) is 4.68 Å². The number of β-lactam (4-membered cyclic amide) rings is 1. The summed E-state index contributed by atoms with van der Waals surface area (Å²) in [6, 6.07) is 32.2. The molecular formula is C36H36N6O3S. The van der Waals surface area contributed by atoms with Crippen LogP contribution in [0, 0.1) is 0 Å². The maximum atomic E-state index is 13.8. The summed E-state index contributed by atoms with van der Waals surface area (Å²) in [5.74, 6) is 2.39. The number of ether oxygens (including phenoxy) is 2. The maximum absolute atomic E-state index is 13.8. The normalized spacial score (nSPS) is 19.9. The Balaban J connectivity index is 1.15. The molecule has 3 atom stereocenters. The first-order valence-corrected chi connectivity index (χ1v) is 16.2. The first-order chi connectivity index (χ1) is 22.4. The highest BCUT2D eigenvalue weighted by Gasteiger charge is 2.63. The maximum Gasteiger partial charge on any atom is 0.244 e. The van der Waals surface area contributed by atoms with Crippen molar-refractivity contribution in [2.24, 2.45) is 0 Å². The van der Waals surface area contributed by atoms with E-state index >= 15 is 0 Å². The van der Waals surface area contributed by atoms with E-state index < -0.39 is 0 Å². The first-order valence-electron chi connectivity index (χ1n) is 15.3. The van der Waals surface area contributed by atoms with Gasteiger partial charge in [0.1, 0.15) is 29.0 Å². The molecule has 234 valence electrons.